The van der Waals surface area contributed by atoms with Gasteiger partial charge in [0, 0.05) is 24.2 Å². The minimum Gasteiger partial charge on any atom is -0.409 e. The van der Waals surface area contributed by atoms with Crippen molar-refractivity contribution in [2.75, 3.05) is 11.4 Å². The van der Waals surface area contributed by atoms with Crippen LogP contribution in [-0.4, -0.2) is 28.6 Å². The lowest BCUT2D eigenvalue weighted by molar-refractivity contribution is -0.384. The second-order valence-corrected chi connectivity index (χ2v) is 4.84. The Kier molecular flexibility index (Phi) is 4.07. The van der Waals surface area contributed by atoms with E-state index >= 15 is 0 Å². The zero-order valence-corrected chi connectivity index (χ0v) is 11.3. The molecule has 0 aromatic heterocycles. The van der Waals surface area contributed by atoms with E-state index in [0.717, 1.165) is 25.8 Å². The number of nitro groups is 1. The van der Waals surface area contributed by atoms with E-state index in [4.69, 9.17) is 10.9 Å². The molecule has 0 aliphatic carbocycles. The summed E-state index contributed by atoms with van der Waals surface area (Å²) in [4.78, 5) is 12.9. The second-order valence-electron chi connectivity index (χ2n) is 4.84. The summed E-state index contributed by atoms with van der Waals surface area (Å²) in [5.41, 5.74) is 6.43. The summed E-state index contributed by atoms with van der Waals surface area (Å²) in [7, 11) is 0. The molecule has 7 nitrogen and oxygen atoms in total. The van der Waals surface area contributed by atoms with E-state index in [1.165, 1.54) is 6.07 Å². The molecule has 1 saturated heterocycles. The van der Waals surface area contributed by atoms with Crippen LogP contribution < -0.4 is 10.6 Å². The van der Waals surface area contributed by atoms with Gasteiger partial charge < -0.3 is 15.8 Å². The Morgan fingerprint density at radius 3 is 3.00 bits per heavy atom. The van der Waals surface area contributed by atoms with Crippen LogP contribution >= 0.6 is 0 Å². The van der Waals surface area contributed by atoms with Crippen molar-refractivity contribution in [2.24, 2.45) is 10.9 Å². The second kappa shape index (κ2) is 5.77. The van der Waals surface area contributed by atoms with Crippen molar-refractivity contribution in [3.05, 3.63) is 33.9 Å². The quantitative estimate of drug-likeness (QED) is 0.288. The lowest BCUT2D eigenvalue weighted by atomic mass is 10.1. The minimum absolute atomic E-state index is 0.00514. The van der Waals surface area contributed by atoms with Crippen molar-refractivity contribution in [3.63, 3.8) is 0 Å². The van der Waals surface area contributed by atoms with Crippen LogP contribution in [-0.2, 0) is 0 Å². The first-order chi connectivity index (χ1) is 9.58. The van der Waals surface area contributed by atoms with Crippen LogP contribution in [0, 0.1) is 10.1 Å². The number of nitrogens with zero attached hydrogens (tertiary/aromatic N) is 3. The van der Waals surface area contributed by atoms with E-state index in [2.05, 4.69) is 17.0 Å². The highest BCUT2D eigenvalue weighted by molar-refractivity contribution is 5.98. The maximum absolute atomic E-state index is 11.3. The van der Waals surface area contributed by atoms with Crippen molar-refractivity contribution < 1.29 is 10.1 Å². The smallest absolute Gasteiger partial charge is 0.293 e. The van der Waals surface area contributed by atoms with Crippen molar-refractivity contribution in [1.82, 2.24) is 0 Å². The monoisotopic (exact) mass is 278 g/mol. The van der Waals surface area contributed by atoms with Crippen molar-refractivity contribution in [1.29, 1.82) is 0 Å². The van der Waals surface area contributed by atoms with Gasteiger partial charge >= 0.3 is 0 Å². The van der Waals surface area contributed by atoms with Crippen molar-refractivity contribution >= 4 is 17.2 Å². The lowest BCUT2D eigenvalue weighted by Gasteiger charge is -2.25. The van der Waals surface area contributed by atoms with Crippen LogP contribution in [0.4, 0.5) is 11.4 Å². The summed E-state index contributed by atoms with van der Waals surface area (Å²) in [5.74, 6) is -0.131. The Bertz CT molecular complexity index is 544. The molecule has 1 aliphatic heterocycles. The summed E-state index contributed by atoms with van der Waals surface area (Å²) in [6.45, 7) is 2.90. The van der Waals surface area contributed by atoms with E-state index in [0.29, 0.717) is 17.3 Å². The van der Waals surface area contributed by atoms with Gasteiger partial charge in [-0.25, -0.2) is 0 Å². The van der Waals surface area contributed by atoms with Crippen molar-refractivity contribution in [3.8, 4) is 0 Å². The van der Waals surface area contributed by atoms with Gasteiger partial charge in [-0.15, -0.1) is 0 Å². The molecule has 1 atom stereocenters. The van der Waals surface area contributed by atoms with Gasteiger partial charge in [0.2, 0.25) is 0 Å². The Balaban J connectivity index is 2.45. The van der Waals surface area contributed by atoms with Gasteiger partial charge in [0.15, 0.2) is 5.84 Å². The van der Waals surface area contributed by atoms with Crippen LogP contribution in [0.1, 0.15) is 31.7 Å². The fourth-order valence-corrected chi connectivity index (χ4v) is 2.71. The summed E-state index contributed by atoms with van der Waals surface area (Å²) in [6, 6.07) is 5.01. The third-order valence-electron chi connectivity index (χ3n) is 3.73. The molecule has 2 rings (SSSR count). The number of nitro benzene ring substituents is 1. The summed E-state index contributed by atoms with van der Waals surface area (Å²) < 4.78 is 0. The van der Waals surface area contributed by atoms with E-state index < -0.39 is 4.92 Å². The molecule has 1 heterocycles. The number of nitrogens with two attached hydrogens (primary N) is 1. The third kappa shape index (κ3) is 2.52. The molecular formula is C13H18N4O3. The molecule has 1 aromatic carbocycles. The van der Waals surface area contributed by atoms with E-state index in [-0.39, 0.29) is 11.5 Å². The van der Waals surface area contributed by atoms with Crippen LogP contribution in [0.2, 0.25) is 0 Å². The van der Waals surface area contributed by atoms with E-state index in [1.807, 2.05) is 0 Å². The first kappa shape index (κ1) is 14.1. The van der Waals surface area contributed by atoms with E-state index in [9.17, 15) is 10.1 Å². The molecule has 1 unspecified atom stereocenters. The molecule has 1 fully saturated rings. The number of hydrogen-bond acceptors (Lipinski definition) is 5. The van der Waals surface area contributed by atoms with Crippen LogP contribution in [0.15, 0.2) is 23.4 Å². The molecule has 0 radical (unpaired) electrons. The Labute approximate surface area is 116 Å². The highest BCUT2D eigenvalue weighted by atomic mass is 16.6. The fraction of sp³-hybridized carbons (Fsp3) is 0.462. The number of anilines is 1. The zero-order chi connectivity index (χ0) is 14.7. The molecule has 0 bridgehead atoms. The topological polar surface area (TPSA) is 105 Å². The standard InChI is InChI=1S/C13H18N4O3/c1-2-10-4-3-7-16(10)11-6-5-9(13(14)15-18)8-12(11)17(19)20/h5-6,8,10,18H,2-4,7H2,1H3,(H2,14,15). The predicted octanol–water partition coefficient (Wildman–Crippen LogP) is 2.07. The Morgan fingerprint density at radius 2 is 2.40 bits per heavy atom. The first-order valence-electron chi connectivity index (χ1n) is 6.61. The van der Waals surface area contributed by atoms with Crippen LogP contribution in [0.5, 0.6) is 0 Å². The van der Waals surface area contributed by atoms with Gasteiger partial charge in [0.05, 0.1) is 4.92 Å². The Hall–Kier alpha value is -2.31. The van der Waals surface area contributed by atoms with Gasteiger partial charge in [-0.05, 0) is 31.4 Å². The van der Waals surface area contributed by atoms with Gasteiger partial charge in [0.1, 0.15) is 5.69 Å². The zero-order valence-electron chi connectivity index (χ0n) is 11.3. The largest absolute Gasteiger partial charge is 0.409 e. The highest BCUT2D eigenvalue weighted by Gasteiger charge is 2.29. The van der Waals surface area contributed by atoms with Gasteiger partial charge in [-0.1, -0.05) is 12.1 Å². The molecule has 0 spiro atoms. The Morgan fingerprint density at radius 1 is 1.65 bits per heavy atom. The average molecular weight is 278 g/mol. The maximum Gasteiger partial charge on any atom is 0.293 e. The summed E-state index contributed by atoms with van der Waals surface area (Å²) >= 11 is 0. The van der Waals surface area contributed by atoms with Crippen molar-refractivity contribution in [2.45, 2.75) is 32.2 Å². The molecule has 108 valence electrons. The molecule has 1 aliphatic rings. The molecule has 1 aromatic rings. The van der Waals surface area contributed by atoms with Crippen LogP contribution in [0.25, 0.3) is 0 Å². The molecule has 3 N–H and O–H groups in total. The number of benzene rings is 1. The predicted molar refractivity (Wildman–Crippen MR) is 76.3 cm³/mol. The van der Waals surface area contributed by atoms with E-state index in [1.54, 1.807) is 12.1 Å². The third-order valence-corrected chi connectivity index (χ3v) is 3.73. The molecule has 0 amide bonds. The first-order valence-corrected chi connectivity index (χ1v) is 6.61. The average Bonchev–Trinajstić information content (AvgIpc) is 2.93. The van der Waals surface area contributed by atoms with Gasteiger partial charge in [0.25, 0.3) is 5.69 Å². The summed E-state index contributed by atoms with van der Waals surface area (Å²) in [6.07, 6.45) is 3.05. The number of hydrogen-bond donors (Lipinski definition) is 2. The number of rotatable bonds is 4. The van der Waals surface area contributed by atoms with Crippen LogP contribution in [0.3, 0.4) is 0 Å². The molecule has 20 heavy (non-hydrogen) atoms. The fourth-order valence-electron chi connectivity index (χ4n) is 2.71. The molecule has 7 heteroatoms. The summed E-state index contributed by atoms with van der Waals surface area (Å²) in [5, 5.41) is 22.8. The number of oxime groups is 1. The van der Waals surface area contributed by atoms with Gasteiger partial charge in [-0.2, -0.15) is 0 Å². The SMILES string of the molecule is CCC1CCCN1c1ccc(C(N)=NO)cc1[N+](=O)[O-]. The lowest BCUT2D eigenvalue weighted by Crippen LogP contribution is -2.29. The maximum atomic E-state index is 11.3. The molecule has 0 saturated carbocycles. The normalized spacial score (nSPS) is 19.4. The van der Waals surface area contributed by atoms with Gasteiger partial charge in [-0.3, -0.25) is 10.1 Å². The number of amidine groups is 1. The highest BCUT2D eigenvalue weighted by Crippen LogP contribution is 2.35. The molecular weight excluding hydrogens is 260 g/mol. The minimum atomic E-state index is -0.422.